The second-order valence-electron chi connectivity index (χ2n) is 13.7. The third-order valence-electron chi connectivity index (χ3n) is 10.1. The van der Waals surface area contributed by atoms with Crippen LogP contribution in [0.5, 0.6) is 0 Å². The van der Waals surface area contributed by atoms with Gasteiger partial charge in [-0.2, -0.15) is 0 Å². The Kier molecular flexibility index (Phi) is 8.43. The Bertz CT molecular complexity index is 2890. The Morgan fingerprint density at radius 2 is 0.821 bits per heavy atom. The van der Waals surface area contributed by atoms with Gasteiger partial charge in [-0.1, -0.05) is 152 Å². The van der Waals surface area contributed by atoms with E-state index in [9.17, 15) is 0 Å². The monoisotopic (exact) mass is 718 g/mol. The van der Waals surface area contributed by atoms with Crippen LogP contribution in [0.15, 0.2) is 211 Å². The second kappa shape index (κ2) is 14.3. The number of aromatic nitrogens is 3. The van der Waals surface area contributed by atoms with Gasteiger partial charge in [0.25, 0.3) is 0 Å². The van der Waals surface area contributed by atoms with E-state index in [-0.39, 0.29) is 0 Å². The van der Waals surface area contributed by atoms with Crippen molar-refractivity contribution in [2.75, 3.05) is 4.90 Å². The molecule has 10 aromatic rings. The minimum atomic E-state index is 0.594. The first-order chi connectivity index (χ1) is 27.7. The maximum absolute atomic E-state index is 6.45. The molecule has 0 saturated heterocycles. The highest BCUT2D eigenvalue weighted by atomic mass is 16.3. The number of anilines is 3. The van der Waals surface area contributed by atoms with Crippen molar-refractivity contribution < 1.29 is 4.42 Å². The summed E-state index contributed by atoms with van der Waals surface area (Å²) in [5.41, 5.74) is 12.2. The van der Waals surface area contributed by atoms with Crippen molar-refractivity contribution in [3.05, 3.63) is 206 Å². The van der Waals surface area contributed by atoms with Crippen molar-refractivity contribution in [1.29, 1.82) is 0 Å². The zero-order valence-electron chi connectivity index (χ0n) is 30.3. The number of benzene rings is 8. The summed E-state index contributed by atoms with van der Waals surface area (Å²) in [7, 11) is 0. The maximum Gasteiger partial charge on any atom is 0.164 e. The number of furan rings is 1. The molecule has 0 aliphatic rings. The molecule has 264 valence electrons. The Morgan fingerprint density at radius 1 is 0.321 bits per heavy atom. The molecule has 0 unspecified atom stereocenters. The molecule has 0 radical (unpaired) electrons. The molecule has 2 heterocycles. The lowest BCUT2D eigenvalue weighted by Crippen LogP contribution is -2.11. The van der Waals surface area contributed by atoms with Gasteiger partial charge in [-0.3, -0.25) is 0 Å². The van der Waals surface area contributed by atoms with Crippen molar-refractivity contribution in [2.24, 2.45) is 0 Å². The van der Waals surface area contributed by atoms with Crippen LogP contribution in [0, 0.1) is 0 Å². The van der Waals surface area contributed by atoms with Gasteiger partial charge in [-0.25, -0.2) is 15.0 Å². The fourth-order valence-electron chi connectivity index (χ4n) is 7.37. The molecule has 5 heteroatoms. The molecule has 56 heavy (non-hydrogen) atoms. The molecular weight excluding hydrogens is 685 g/mol. The Morgan fingerprint density at radius 3 is 1.46 bits per heavy atom. The highest BCUT2D eigenvalue weighted by Gasteiger charge is 2.18. The van der Waals surface area contributed by atoms with E-state index in [0.29, 0.717) is 17.5 Å². The van der Waals surface area contributed by atoms with Crippen LogP contribution < -0.4 is 4.90 Å². The molecule has 10 rings (SSSR count). The van der Waals surface area contributed by atoms with Crippen molar-refractivity contribution in [2.45, 2.75) is 0 Å². The minimum Gasteiger partial charge on any atom is -0.456 e. The second-order valence-corrected chi connectivity index (χ2v) is 13.7. The van der Waals surface area contributed by atoms with E-state index in [1.54, 1.807) is 0 Å². The lowest BCUT2D eigenvalue weighted by atomic mass is 10.0. The van der Waals surface area contributed by atoms with Crippen LogP contribution in [0.25, 0.3) is 78.4 Å². The van der Waals surface area contributed by atoms with Gasteiger partial charge in [0.15, 0.2) is 17.5 Å². The summed E-state index contributed by atoms with van der Waals surface area (Å²) in [5.74, 6) is 1.85. The summed E-state index contributed by atoms with van der Waals surface area (Å²) >= 11 is 0. The summed E-state index contributed by atoms with van der Waals surface area (Å²) in [4.78, 5) is 17.0. The van der Waals surface area contributed by atoms with E-state index in [2.05, 4.69) is 144 Å². The van der Waals surface area contributed by atoms with E-state index >= 15 is 0 Å². The van der Waals surface area contributed by atoms with Crippen LogP contribution in [0.1, 0.15) is 0 Å². The predicted octanol–water partition coefficient (Wildman–Crippen LogP) is 13.6. The molecule has 0 aliphatic heterocycles. The fraction of sp³-hybridized carbons (Fsp3) is 0. The number of nitrogens with zero attached hydrogens (tertiary/aromatic N) is 4. The zero-order valence-corrected chi connectivity index (χ0v) is 30.3. The van der Waals surface area contributed by atoms with E-state index in [1.807, 2.05) is 66.7 Å². The van der Waals surface area contributed by atoms with Crippen molar-refractivity contribution in [3.8, 4) is 56.4 Å². The molecule has 0 spiro atoms. The summed E-state index contributed by atoms with van der Waals surface area (Å²) in [5, 5.41) is 2.09. The topological polar surface area (TPSA) is 55.1 Å². The number of hydrogen-bond acceptors (Lipinski definition) is 5. The molecule has 0 N–H and O–H groups in total. The van der Waals surface area contributed by atoms with Gasteiger partial charge >= 0.3 is 0 Å². The normalized spacial score (nSPS) is 11.2. The molecule has 2 aromatic heterocycles. The van der Waals surface area contributed by atoms with E-state index in [1.165, 1.54) is 11.1 Å². The van der Waals surface area contributed by atoms with Crippen LogP contribution in [0.2, 0.25) is 0 Å². The lowest BCUT2D eigenvalue weighted by molar-refractivity contribution is 0.669. The van der Waals surface area contributed by atoms with Gasteiger partial charge in [-0.15, -0.1) is 0 Å². The van der Waals surface area contributed by atoms with Crippen LogP contribution in [-0.4, -0.2) is 15.0 Å². The maximum atomic E-state index is 6.45. The molecule has 8 aromatic carbocycles. The van der Waals surface area contributed by atoms with Crippen LogP contribution in [0.3, 0.4) is 0 Å². The Balaban J connectivity index is 1.01. The molecule has 0 saturated carbocycles. The van der Waals surface area contributed by atoms with Gasteiger partial charge in [-0.05, 0) is 71.3 Å². The summed E-state index contributed by atoms with van der Waals surface area (Å²) in [6.07, 6.45) is 0. The van der Waals surface area contributed by atoms with Crippen LogP contribution in [-0.2, 0) is 0 Å². The standard InChI is InChI=1S/C51H34N4O/c1-5-15-36(16-6-1)43-23-13-14-24-46(43)55(41-21-11-4-12-22-41)42-29-25-35(26-30-42)39-28-32-47-45(33-39)44-31-27-40(34-48(44)56-47)51-53-49(37-17-7-2-8-18-37)52-50(54-51)38-19-9-3-10-20-38/h1-34H. The van der Waals surface area contributed by atoms with Gasteiger partial charge in [0.05, 0.1) is 5.69 Å². The first-order valence-electron chi connectivity index (χ1n) is 18.7. The highest BCUT2D eigenvalue weighted by molar-refractivity contribution is 6.07. The van der Waals surface area contributed by atoms with Crippen LogP contribution in [0.4, 0.5) is 17.1 Å². The average molecular weight is 719 g/mol. The average Bonchev–Trinajstić information content (AvgIpc) is 3.65. The van der Waals surface area contributed by atoms with Gasteiger partial charge in [0, 0.05) is 44.4 Å². The first kappa shape index (κ1) is 33.0. The van der Waals surface area contributed by atoms with Crippen molar-refractivity contribution in [3.63, 3.8) is 0 Å². The molecule has 0 bridgehead atoms. The number of rotatable bonds is 8. The van der Waals surface area contributed by atoms with Gasteiger partial charge in [0.2, 0.25) is 0 Å². The summed E-state index contributed by atoms with van der Waals surface area (Å²) in [6.45, 7) is 0. The molecule has 5 nitrogen and oxygen atoms in total. The highest BCUT2D eigenvalue weighted by Crippen LogP contribution is 2.42. The Hall–Kier alpha value is -7.63. The number of para-hydroxylation sites is 2. The van der Waals surface area contributed by atoms with Crippen molar-refractivity contribution in [1.82, 2.24) is 15.0 Å². The zero-order chi connectivity index (χ0) is 37.3. The molecule has 0 atom stereocenters. The summed E-state index contributed by atoms with van der Waals surface area (Å²) < 4.78 is 6.45. The number of fused-ring (bicyclic) bond motifs is 3. The fourth-order valence-corrected chi connectivity index (χ4v) is 7.37. The summed E-state index contributed by atoms with van der Waals surface area (Å²) in [6, 6.07) is 71.2. The third-order valence-corrected chi connectivity index (χ3v) is 10.1. The minimum absolute atomic E-state index is 0.594. The van der Waals surface area contributed by atoms with Gasteiger partial charge < -0.3 is 9.32 Å². The smallest absolute Gasteiger partial charge is 0.164 e. The molecular formula is C51H34N4O. The number of hydrogen-bond donors (Lipinski definition) is 0. The van der Waals surface area contributed by atoms with Crippen molar-refractivity contribution >= 4 is 39.0 Å². The predicted molar refractivity (Wildman–Crippen MR) is 229 cm³/mol. The van der Waals surface area contributed by atoms with Gasteiger partial charge in [0.1, 0.15) is 11.2 Å². The Labute approximate surface area is 324 Å². The first-order valence-corrected chi connectivity index (χ1v) is 18.7. The molecule has 0 fully saturated rings. The van der Waals surface area contributed by atoms with E-state index in [4.69, 9.17) is 19.4 Å². The molecule has 0 amide bonds. The van der Waals surface area contributed by atoms with Crippen LogP contribution >= 0.6 is 0 Å². The van der Waals surface area contributed by atoms with E-state index in [0.717, 1.165) is 66.8 Å². The lowest BCUT2D eigenvalue weighted by Gasteiger charge is -2.28. The third kappa shape index (κ3) is 6.27. The molecule has 0 aliphatic carbocycles. The SMILES string of the molecule is c1ccc(-c2nc(-c3ccccc3)nc(-c3ccc4c(c3)oc3ccc(-c5ccc(N(c6ccccc6)c6ccccc6-c6ccccc6)cc5)cc34)n2)cc1. The van der Waals surface area contributed by atoms with E-state index < -0.39 is 0 Å². The largest absolute Gasteiger partial charge is 0.456 e. The quantitative estimate of drug-likeness (QED) is 0.157.